The first-order valence-corrected chi connectivity index (χ1v) is 7.75. The molecule has 0 aliphatic carbocycles. The highest BCUT2D eigenvalue weighted by molar-refractivity contribution is 6.35. The van der Waals surface area contributed by atoms with E-state index in [0.717, 1.165) is 22.4 Å². The number of halogens is 2. The molecule has 3 nitrogen and oxygen atoms in total. The molecule has 0 fully saturated rings. The maximum absolute atomic E-state index is 6.18. The van der Waals surface area contributed by atoms with Gasteiger partial charge in [-0.2, -0.15) is 0 Å². The lowest BCUT2D eigenvalue weighted by atomic mass is 10.1. The number of benzene rings is 2. The lowest BCUT2D eigenvalue weighted by Crippen LogP contribution is -2.00. The minimum absolute atomic E-state index is 0.346. The van der Waals surface area contributed by atoms with E-state index in [4.69, 9.17) is 27.9 Å². The Labute approximate surface area is 144 Å². The Morgan fingerprint density at radius 3 is 2.74 bits per heavy atom. The molecular weight excluding hydrogens is 331 g/mol. The molecule has 5 heteroatoms. The van der Waals surface area contributed by atoms with Gasteiger partial charge in [-0.3, -0.25) is 0 Å². The highest BCUT2D eigenvalue weighted by Gasteiger charge is 2.11. The summed E-state index contributed by atoms with van der Waals surface area (Å²) in [5.74, 6) is 1.44. The van der Waals surface area contributed by atoms with E-state index < -0.39 is 0 Å². The van der Waals surface area contributed by atoms with Crippen LogP contribution in [-0.2, 0) is 6.61 Å². The van der Waals surface area contributed by atoms with Gasteiger partial charge in [-0.15, -0.1) is 0 Å². The van der Waals surface area contributed by atoms with Crippen LogP contribution in [0.15, 0.2) is 61.4 Å². The van der Waals surface area contributed by atoms with Crippen LogP contribution < -0.4 is 4.74 Å². The molecule has 0 unspecified atom stereocenters. The number of aromatic amines is 1. The van der Waals surface area contributed by atoms with Crippen molar-refractivity contribution in [3.63, 3.8) is 0 Å². The molecule has 0 radical (unpaired) electrons. The van der Waals surface area contributed by atoms with Gasteiger partial charge in [0.1, 0.15) is 18.2 Å². The smallest absolute Gasteiger partial charge is 0.137 e. The summed E-state index contributed by atoms with van der Waals surface area (Å²) in [6.07, 6.45) is 3.45. The van der Waals surface area contributed by atoms with Crippen molar-refractivity contribution in [2.45, 2.75) is 6.61 Å². The van der Waals surface area contributed by atoms with Crippen LogP contribution in [0.1, 0.15) is 17.0 Å². The molecular formula is C18H14Cl2N2O. The van der Waals surface area contributed by atoms with Crippen LogP contribution >= 0.6 is 23.2 Å². The molecule has 0 aliphatic heterocycles. The van der Waals surface area contributed by atoms with Crippen LogP contribution in [-0.4, -0.2) is 9.97 Å². The predicted octanol–water partition coefficient (Wildman–Crippen LogP) is 5.36. The van der Waals surface area contributed by atoms with Gasteiger partial charge in [0.05, 0.1) is 0 Å². The van der Waals surface area contributed by atoms with Gasteiger partial charge in [0, 0.05) is 39.1 Å². The Morgan fingerprint density at radius 1 is 1.17 bits per heavy atom. The van der Waals surface area contributed by atoms with E-state index in [-0.39, 0.29) is 0 Å². The van der Waals surface area contributed by atoms with Crippen molar-refractivity contribution >= 4 is 28.8 Å². The molecule has 23 heavy (non-hydrogen) atoms. The van der Waals surface area contributed by atoms with E-state index >= 15 is 0 Å². The molecule has 0 bridgehead atoms. The zero-order chi connectivity index (χ0) is 16.2. The number of ether oxygens (including phenoxy) is 1. The van der Waals surface area contributed by atoms with Crippen molar-refractivity contribution in [3.8, 4) is 5.75 Å². The number of H-pyrrole nitrogens is 1. The highest BCUT2D eigenvalue weighted by atomic mass is 35.5. The summed E-state index contributed by atoms with van der Waals surface area (Å²) in [7, 11) is 0. The Balaban J connectivity index is 1.82. The van der Waals surface area contributed by atoms with Gasteiger partial charge in [-0.05, 0) is 18.2 Å². The van der Waals surface area contributed by atoms with E-state index in [1.165, 1.54) is 0 Å². The Morgan fingerprint density at radius 2 is 2.00 bits per heavy atom. The fourth-order valence-electron chi connectivity index (χ4n) is 2.19. The van der Waals surface area contributed by atoms with Gasteiger partial charge in [0.15, 0.2) is 0 Å². The largest absolute Gasteiger partial charge is 0.488 e. The number of hydrogen-bond acceptors (Lipinski definition) is 2. The SMILES string of the molecule is C=C(c1ncc[nH]1)c1ccccc1OCc1ccc(Cl)cc1Cl. The summed E-state index contributed by atoms with van der Waals surface area (Å²) in [4.78, 5) is 7.28. The summed E-state index contributed by atoms with van der Waals surface area (Å²) in [6.45, 7) is 4.44. The van der Waals surface area contributed by atoms with Crippen molar-refractivity contribution in [1.82, 2.24) is 9.97 Å². The molecule has 0 atom stereocenters. The molecule has 0 amide bonds. The Kier molecular flexibility index (Phi) is 4.70. The van der Waals surface area contributed by atoms with Crippen LogP contribution in [0.5, 0.6) is 5.75 Å². The van der Waals surface area contributed by atoms with Crippen LogP contribution in [0.2, 0.25) is 10.0 Å². The van der Waals surface area contributed by atoms with Crippen LogP contribution in [0.3, 0.4) is 0 Å². The van der Waals surface area contributed by atoms with Gasteiger partial charge < -0.3 is 9.72 Å². The first kappa shape index (κ1) is 15.7. The summed E-state index contributed by atoms with van der Waals surface area (Å²) < 4.78 is 5.93. The molecule has 116 valence electrons. The van der Waals surface area contributed by atoms with Gasteiger partial charge in [0.25, 0.3) is 0 Å². The summed E-state index contributed by atoms with van der Waals surface area (Å²) in [5, 5.41) is 1.19. The van der Waals surface area contributed by atoms with E-state index in [2.05, 4.69) is 16.5 Å². The fraction of sp³-hybridized carbons (Fsp3) is 0.0556. The molecule has 0 saturated carbocycles. The Hall–Kier alpha value is -2.23. The maximum atomic E-state index is 6.18. The summed E-state index contributed by atoms with van der Waals surface area (Å²) >= 11 is 12.1. The van der Waals surface area contributed by atoms with Crippen molar-refractivity contribution in [3.05, 3.63) is 88.4 Å². The maximum Gasteiger partial charge on any atom is 0.137 e. The van der Waals surface area contributed by atoms with Crippen molar-refractivity contribution < 1.29 is 4.74 Å². The second kappa shape index (κ2) is 6.90. The topological polar surface area (TPSA) is 37.9 Å². The average molecular weight is 345 g/mol. The third-order valence-electron chi connectivity index (χ3n) is 3.39. The molecule has 0 aliphatic rings. The molecule has 3 rings (SSSR count). The normalized spacial score (nSPS) is 10.5. The van der Waals surface area contributed by atoms with E-state index in [0.29, 0.717) is 22.5 Å². The van der Waals surface area contributed by atoms with E-state index in [1.807, 2.05) is 30.3 Å². The van der Waals surface area contributed by atoms with Crippen LogP contribution in [0, 0.1) is 0 Å². The first-order chi connectivity index (χ1) is 11.1. The zero-order valence-corrected chi connectivity index (χ0v) is 13.7. The molecule has 0 saturated heterocycles. The third-order valence-corrected chi connectivity index (χ3v) is 3.98. The lowest BCUT2D eigenvalue weighted by Gasteiger charge is -2.13. The lowest BCUT2D eigenvalue weighted by molar-refractivity contribution is 0.305. The van der Waals surface area contributed by atoms with Crippen molar-refractivity contribution in [1.29, 1.82) is 0 Å². The number of aromatic nitrogens is 2. The summed E-state index contributed by atoms with van der Waals surface area (Å²) in [6, 6.07) is 13.0. The fourth-order valence-corrected chi connectivity index (χ4v) is 2.66. The number of nitrogens with zero attached hydrogens (tertiary/aromatic N) is 1. The van der Waals surface area contributed by atoms with E-state index in [9.17, 15) is 0 Å². The van der Waals surface area contributed by atoms with Crippen molar-refractivity contribution in [2.75, 3.05) is 0 Å². The average Bonchev–Trinajstić information content (AvgIpc) is 3.08. The zero-order valence-electron chi connectivity index (χ0n) is 12.2. The predicted molar refractivity (Wildman–Crippen MR) is 94.0 cm³/mol. The van der Waals surface area contributed by atoms with Gasteiger partial charge in [-0.25, -0.2) is 4.98 Å². The van der Waals surface area contributed by atoms with Crippen LogP contribution in [0.4, 0.5) is 0 Å². The number of nitrogens with one attached hydrogen (secondary N) is 1. The molecule has 3 aromatic rings. The monoisotopic (exact) mass is 344 g/mol. The minimum atomic E-state index is 0.346. The number of hydrogen-bond donors (Lipinski definition) is 1. The minimum Gasteiger partial charge on any atom is -0.488 e. The molecule has 1 heterocycles. The number of imidazole rings is 1. The molecule has 0 spiro atoms. The van der Waals surface area contributed by atoms with Gasteiger partial charge in [-0.1, -0.05) is 54.0 Å². The van der Waals surface area contributed by atoms with Gasteiger partial charge in [0.2, 0.25) is 0 Å². The van der Waals surface area contributed by atoms with Crippen LogP contribution in [0.25, 0.3) is 5.57 Å². The third kappa shape index (κ3) is 3.58. The summed E-state index contributed by atoms with van der Waals surface area (Å²) in [5.41, 5.74) is 2.52. The quantitative estimate of drug-likeness (QED) is 0.676. The number of para-hydroxylation sites is 1. The standard InChI is InChI=1S/C18H14Cl2N2O/c1-12(18-21-8-9-22-18)15-4-2-3-5-17(15)23-11-13-6-7-14(19)10-16(13)20/h2-10H,1,11H2,(H,21,22). The number of rotatable bonds is 5. The first-order valence-electron chi connectivity index (χ1n) is 7.00. The highest BCUT2D eigenvalue weighted by Crippen LogP contribution is 2.29. The second-order valence-electron chi connectivity index (χ2n) is 4.94. The Bertz CT molecular complexity index is 829. The molecule has 1 N–H and O–H groups in total. The van der Waals surface area contributed by atoms with Crippen molar-refractivity contribution in [2.24, 2.45) is 0 Å². The molecule has 2 aromatic carbocycles. The van der Waals surface area contributed by atoms with Gasteiger partial charge >= 0.3 is 0 Å². The second-order valence-corrected chi connectivity index (χ2v) is 5.78. The van der Waals surface area contributed by atoms with E-state index in [1.54, 1.807) is 24.5 Å². The molecule has 1 aromatic heterocycles.